The topological polar surface area (TPSA) is 72.5 Å². The Bertz CT molecular complexity index is 777. The molecule has 2 N–H and O–H groups in total. The highest BCUT2D eigenvalue weighted by atomic mass is 35.5. The van der Waals surface area contributed by atoms with Crippen LogP contribution in [0.2, 0.25) is 5.02 Å². The SMILES string of the molecule is COC1=CC=C2C(C1)C(c1ccc(Cl)cc1)=NCC(=N)N2C(C)=N. The molecular formula is C18H19ClN4O. The van der Waals surface area contributed by atoms with E-state index in [1.54, 1.807) is 18.9 Å². The zero-order valence-electron chi connectivity index (χ0n) is 13.6. The standard InChI is InChI=1S/C18H19ClN4O/c1-11(20)23-16-8-7-14(24-2)9-15(16)18(22-10-17(23)21)12-3-5-13(19)6-4-12/h3-8,15,20-21H,9-10H2,1-2H3. The molecule has 1 heterocycles. The number of ether oxygens (including phenoxy) is 1. The minimum absolute atomic E-state index is 0.0609. The Balaban J connectivity index is 2.10. The lowest BCUT2D eigenvalue weighted by atomic mass is 9.86. The number of nitrogens with zero attached hydrogens (tertiary/aromatic N) is 2. The van der Waals surface area contributed by atoms with Crippen molar-refractivity contribution < 1.29 is 4.74 Å². The van der Waals surface area contributed by atoms with Gasteiger partial charge in [-0.1, -0.05) is 23.7 Å². The second-order valence-electron chi connectivity index (χ2n) is 5.76. The molecule has 1 atom stereocenters. The summed E-state index contributed by atoms with van der Waals surface area (Å²) < 4.78 is 5.42. The Kier molecular flexibility index (Phi) is 4.53. The van der Waals surface area contributed by atoms with Crippen LogP contribution in [0, 0.1) is 16.7 Å². The molecule has 0 spiro atoms. The molecule has 0 saturated heterocycles. The van der Waals surface area contributed by atoms with Crippen LogP contribution in [0.15, 0.2) is 52.9 Å². The van der Waals surface area contributed by atoms with Crippen LogP contribution in [0.25, 0.3) is 0 Å². The Morgan fingerprint density at radius 2 is 2.00 bits per heavy atom. The molecule has 2 aliphatic rings. The first-order valence-corrected chi connectivity index (χ1v) is 8.06. The highest BCUT2D eigenvalue weighted by molar-refractivity contribution is 6.30. The first-order chi connectivity index (χ1) is 11.5. The van der Waals surface area contributed by atoms with E-state index in [0.717, 1.165) is 22.7 Å². The number of hydrogen-bond acceptors (Lipinski definition) is 4. The highest BCUT2D eigenvalue weighted by Crippen LogP contribution is 2.34. The molecule has 124 valence electrons. The molecule has 0 amide bonds. The number of rotatable bonds is 2. The van der Waals surface area contributed by atoms with Gasteiger partial charge in [0.05, 0.1) is 25.1 Å². The first-order valence-electron chi connectivity index (χ1n) is 7.69. The fraction of sp³-hybridized carbons (Fsp3) is 0.278. The molecule has 6 heteroatoms. The maximum Gasteiger partial charge on any atom is 0.128 e. The van der Waals surface area contributed by atoms with Gasteiger partial charge in [0.15, 0.2) is 0 Å². The van der Waals surface area contributed by atoms with Crippen molar-refractivity contribution in [3.63, 3.8) is 0 Å². The van der Waals surface area contributed by atoms with Crippen molar-refractivity contribution in [2.24, 2.45) is 10.9 Å². The summed E-state index contributed by atoms with van der Waals surface area (Å²) in [7, 11) is 1.65. The highest BCUT2D eigenvalue weighted by Gasteiger charge is 2.34. The number of aliphatic imine (C=N–C) groups is 1. The van der Waals surface area contributed by atoms with Gasteiger partial charge < -0.3 is 4.74 Å². The van der Waals surface area contributed by atoms with Crippen molar-refractivity contribution in [1.82, 2.24) is 4.90 Å². The van der Waals surface area contributed by atoms with Gasteiger partial charge in [-0.25, -0.2) is 0 Å². The summed E-state index contributed by atoms with van der Waals surface area (Å²) in [6, 6.07) is 7.57. The summed E-state index contributed by atoms with van der Waals surface area (Å²) in [5, 5.41) is 17.0. The van der Waals surface area contributed by atoms with Crippen molar-refractivity contribution in [1.29, 1.82) is 10.8 Å². The van der Waals surface area contributed by atoms with Crippen LogP contribution < -0.4 is 0 Å². The number of hydrogen-bond donors (Lipinski definition) is 2. The second-order valence-corrected chi connectivity index (χ2v) is 6.20. The lowest BCUT2D eigenvalue weighted by Gasteiger charge is -2.32. The van der Waals surface area contributed by atoms with Gasteiger partial charge in [0, 0.05) is 23.1 Å². The average Bonchev–Trinajstić information content (AvgIpc) is 2.71. The number of allylic oxidation sites excluding steroid dienone is 4. The zero-order valence-corrected chi connectivity index (χ0v) is 14.4. The van der Waals surface area contributed by atoms with Crippen molar-refractivity contribution in [3.8, 4) is 0 Å². The number of fused-ring (bicyclic) bond motifs is 1. The van der Waals surface area contributed by atoms with Crippen molar-refractivity contribution in [2.75, 3.05) is 13.7 Å². The molecule has 1 unspecified atom stereocenters. The normalized spacial score (nSPS) is 20.5. The molecule has 1 aromatic carbocycles. The van der Waals surface area contributed by atoms with Gasteiger partial charge in [-0.05, 0) is 36.8 Å². The van der Waals surface area contributed by atoms with E-state index in [-0.39, 0.29) is 12.5 Å². The van der Waals surface area contributed by atoms with E-state index in [9.17, 15) is 0 Å². The predicted molar refractivity (Wildman–Crippen MR) is 97.1 cm³/mol. The van der Waals surface area contributed by atoms with E-state index in [1.165, 1.54) is 0 Å². The van der Waals surface area contributed by atoms with Crippen molar-refractivity contribution in [2.45, 2.75) is 13.3 Å². The molecule has 0 aromatic heterocycles. The summed E-state index contributed by atoms with van der Waals surface area (Å²) >= 11 is 6.00. The third kappa shape index (κ3) is 2.99. The number of halogens is 1. The van der Waals surface area contributed by atoms with Gasteiger partial charge in [-0.15, -0.1) is 0 Å². The molecule has 0 saturated carbocycles. The zero-order chi connectivity index (χ0) is 17.3. The minimum atomic E-state index is -0.0609. The molecule has 1 aliphatic heterocycles. The first kappa shape index (κ1) is 16.5. The predicted octanol–water partition coefficient (Wildman–Crippen LogP) is 3.85. The van der Waals surface area contributed by atoms with Crippen LogP contribution >= 0.6 is 11.6 Å². The van der Waals surface area contributed by atoms with Crippen LogP contribution in [0.3, 0.4) is 0 Å². The second kappa shape index (κ2) is 6.61. The van der Waals surface area contributed by atoms with Crippen LogP contribution in [0.4, 0.5) is 0 Å². The maximum absolute atomic E-state index is 8.29. The summed E-state index contributed by atoms with van der Waals surface area (Å²) in [5.74, 6) is 1.42. The van der Waals surface area contributed by atoms with E-state index < -0.39 is 0 Å². The van der Waals surface area contributed by atoms with Gasteiger partial charge in [-0.3, -0.25) is 20.7 Å². The third-order valence-corrected chi connectivity index (χ3v) is 4.45. The molecule has 0 fully saturated rings. The van der Waals surface area contributed by atoms with Gasteiger partial charge in [0.25, 0.3) is 0 Å². The molecule has 1 aromatic rings. The molecular weight excluding hydrogens is 324 g/mol. The van der Waals surface area contributed by atoms with E-state index in [4.69, 9.17) is 27.2 Å². The fourth-order valence-electron chi connectivity index (χ4n) is 3.09. The van der Waals surface area contributed by atoms with Gasteiger partial charge in [-0.2, -0.15) is 0 Å². The molecule has 5 nitrogen and oxygen atoms in total. The quantitative estimate of drug-likeness (QED) is 0.632. The van der Waals surface area contributed by atoms with Crippen LogP contribution in [-0.2, 0) is 4.74 Å². The fourth-order valence-corrected chi connectivity index (χ4v) is 3.22. The van der Waals surface area contributed by atoms with E-state index in [1.807, 2.05) is 36.4 Å². The average molecular weight is 343 g/mol. The summed E-state index contributed by atoms with van der Waals surface area (Å²) in [6.45, 7) is 1.93. The number of nitrogens with one attached hydrogen (secondary N) is 2. The van der Waals surface area contributed by atoms with E-state index >= 15 is 0 Å². The Morgan fingerprint density at radius 1 is 1.29 bits per heavy atom. The van der Waals surface area contributed by atoms with Crippen LogP contribution in [0.5, 0.6) is 0 Å². The summed E-state index contributed by atoms with van der Waals surface area (Å²) in [4.78, 5) is 6.34. The largest absolute Gasteiger partial charge is 0.501 e. The Morgan fingerprint density at radius 3 is 2.62 bits per heavy atom. The van der Waals surface area contributed by atoms with Crippen LogP contribution in [-0.4, -0.2) is 35.9 Å². The smallest absolute Gasteiger partial charge is 0.128 e. The Labute approximate surface area is 146 Å². The summed E-state index contributed by atoms with van der Waals surface area (Å²) in [5.41, 5.74) is 2.76. The molecule has 0 bridgehead atoms. The lowest BCUT2D eigenvalue weighted by Crippen LogP contribution is -2.38. The summed E-state index contributed by atoms with van der Waals surface area (Å²) in [6.07, 6.45) is 4.48. The van der Waals surface area contributed by atoms with Gasteiger partial charge >= 0.3 is 0 Å². The molecule has 24 heavy (non-hydrogen) atoms. The van der Waals surface area contributed by atoms with Crippen molar-refractivity contribution >= 4 is 29.0 Å². The maximum atomic E-state index is 8.29. The van der Waals surface area contributed by atoms with Gasteiger partial charge in [0.1, 0.15) is 11.7 Å². The van der Waals surface area contributed by atoms with Crippen molar-refractivity contribution in [3.05, 3.63) is 58.5 Å². The number of benzene rings is 1. The number of methoxy groups -OCH3 is 1. The lowest BCUT2D eigenvalue weighted by molar-refractivity contribution is 0.268. The molecule has 3 rings (SSSR count). The van der Waals surface area contributed by atoms with Crippen LogP contribution in [0.1, 0.15) is 18.9 Å². The molecule has 1 aliphatic carbocycles. The van der Waals surface area contributed by atoms with Gasteiger partial charge in [0.2, 0.25) is 0 Å². The number of amidine groups is 2. The minimum Gasteiger partial charge on any atom is -0.501 e. The Hall–Kier alpha value is -2.40. The monoisotopic (exact) mass is 342 g/mol. The third-order valence-electron chi connectivity index (χ3n) is 4.20. The van der Waals surface area contributed by atoms with E-state index in [0.29, 0.717) is 23.1 Å². The molecule has 0 radical (unpaired) electrons. The van der Waals surface area contributed by atoms with E-state index in [2.05, 4.69) is 4.99 Å².